The van der Waals surface area contributed by atoms with Crippen molar-refractivity contribution < 1.29 is 0 Å². The fraction of sp³-hybridized carbons (Fsp3) is 0.200. The summed E-state index contributed by atoms with van der Waals surface area (Å²) >= 11 is 1.81. The minimum atomic E-state index is 0.395. The fourth-order valence-corrected chi connectivity index (χ4v) is 6.05. The first-order valence-corrected chi connectivity index (χ1v) is 13.3. The maximum atomic E-state index is 4.71. The number of benzene rings is 1. The highest BCUT2D eigenvalue weighted by Crippen LogP contribution is 2.44. The van der Waals surface area contributed by atoms with Crippen LogP contribution in [0, 0.1) is 12.8 Å². The molecule has 2 aliphatic rings. The molecule has 6 heteroatoms. The minimum Gasteiger partial charge on any atom is -0.383 e. The minimum absolute atomic E-state index is 0.395. The van der Waals surface area contributed by atoms with Gasteiger partial charge < -0.3 is 10.3 Å². The first-order chi connectivity index (χ1) is 17.5. The molecule has 1 saturated carbocycles. The molecule has 5 nitrogen and oxygen atoms in total. The number of aryl methyl sites for hydroxylation is 1. The van der Waals surface area contributed by atoms with Crippen LogP contribution in [0.2, 0.25) is 0 Å². The highest BCUT2D eigenvalue weighted by atomic mass is 32.1. The molecule has 1 unspecified atom stereocenters. The van der Waals surface area contributed by atoms with Crippen LogP contribution in [0.4, 0.5) is 0 Å². The van der Waals surface area contributed by atoms with Crippen molar-refractivity contribution in [3.8, 4) is 21.8 Å². The number of hydrogen-bond acceptors (Lipinski definition) is 4. The number of aromatic nitrogens is 4. The Hall–Kier alpha value is -3.90. The number of rotatable bonds is 5. The molecule has 36 heavy (non-hydrogen) atoms. The lowest BCUT2D eigenvalue weighted by Crippen LogP contribution is -2.20. The molecule has 0 radical (unpaired) electrons. The summed E-state index contributed by atoms with van der Waals surface area (Å²) < 4.78 is 0. The summed E-state index contributed by atoms with van der Waals surface area (Å²) in [6, 6.07) is 15.6. The summed E-state index contributed by atoms with van der Waals surface area (Å²) in [6.07, 6.45) is 10.0. The summed E-state index contributed by atoms with van der Waals surface area (Å²) in [5.74, 6) is 0.557. The summed E-state index contributed by atoms with van der Waals surface area (Å²) in [6.45, 7) is 6.51. The Morgan fingerprint density at radius 3 is 2.81 bits per heavy atom. The number of fused-ring (bicyclic) bond motifs is 3. The zero-order valence-corrected chi connectivity index (χ0v) is 21.3. The highest BCUT2D eigenvalue weighted by molar-refractivity contribution is 7.15. The van der Waals surface area contributed by atoms with E-state index < -0.39 is 0 Å². The predicted molar refractivity (Wildman–Crippen MR) is 150 cm³/mol. The maximum absolute atomic E-state index is 4.71. The van der Waals surface area contributed by atoms with Crippen LogP contribution in [0.1, 0.15) is 30.7 Å². The van der Waals surface area contributed by atoms with Crippen molar-refractivity contribution in [2.75, 3.05) is 0 Å². The van der Waals surface area contributed by atoms with Crippen molar-refractivity contribution in [3.05, 3.63) is 88.6 Å². The van der Waals surface area contributed by atoms with E-state index in [1.807, 2.05) is 17.5 Å². The summed E-state index contributed by atoms with van der Waals surface area (Å²) in [7, 11) is 0. The lowest BCUT2D eigenvalue weighted by atomic mass is 10.0. The number of H-pyrrole nitrogens is 2. The molecule has 178 valence electrons. The summed E-state index contributed by atoms with van der Waals surface area (Å²) in [5, 5.41) is 13.8. The van der Waals surface area contributed by atoms with Gasteiger partial charge in [0.15, 0.2) is 0 Å². The summed E-state index contributed by atoms with van der Waals surface area (Å²) in [4.78, 5) is 10.7. The molecule has 0 saturated heterocycles. The number of allylic oxidation sites excluding steroid dienone is 5. The third kappa shape index (κ3) is 3.69. The van der Waals surface area contributed by atoms with Gasteiger partial charge >= 0.3 is 0 Å². The Kier molecular flexibility index (Phi) is 4.79. The second-order valence-corrected chi connectivity index (χ2v) is 11.4. The first-order valence-electron chi connectivity index (χ1n) is 12.5. The molecule has 2 aliphatic carbocycles. The topological polar surface area (TPSA) is 69.4 Å². The molecule has 7 rings (SSSR count). The molecule has 0 amide bonds. The number of hydrogen-bond donors (Lipinski definition) is 3. The molecule has 5 aromatic rings. The van der Waals surface area contributed by atoms with Gasteiger partial charge in [0, 0.05) is 49.9 Å². The van der Waals surface area contributed by atoms with E-state index in [4.69, 9.17) is 5.10 Å². The third-order valence-electron chi connectivity index (χ3n) is 6.95. The van der Waals surface area contributed by atoms with Gasteiger partial charge in [-0.3, -0.25) is 5.10 Å². The third-order valence-corrected chi connectivity index (χ3v) is 7.98. The molecular formula is C30H27N5S. The van der Waals surface area contributed by atoms with Crippen LogP contribution in [-0.4, -0.2) is 26.2 Å². The number of aromatic amines is 2. The maximum Gasteiger partial charge on any atom is 0.138 e. The van der Waals surface area contributed by atoms with Crippen LogP contribution < -0.4 is 5.32 Å². The van der Waals surface area contributed by atoms with E-state index in [9.17, 15) is 0 Å². The molecule has 4 heterocycles. The molecule has 4 aromatic heterocycles. The zero-order chi connectivity index (χ0) is 24.4. The van der Waals surface area contributed by atoms with E-state index in [1.54, 1.807) is 0 Å². The first kappa shape index (κ1) is 21.4. The predicted octanol–water partition coefficient (Wildman–Crippen LogP) is 7.37. The highest BCUT2D eigenvalue weighted by Gasteiger charge is 2.30. The van der Waals surface area contributed by atoms with E-state index in [1.165, 1.54) is 37.7 Å². The zero-order valence-electron chi connectivity index (χ0n) is 20.5. The van der Waals surface area contributed by atoms with Crippen molar-refractivity contribution in [1.82, 2.24) is 25.5 Å². The van der Waals surface area contributed by atoms with Crippen LogP contribution in [0.3, 0.4) is 0 Å². The van der Waals surface area contributed by atoms with Crippen LogP contribution in [0.15, 0.2) is 78.2 Å². The molecule has 0 aliphatic heterocycles. The van der Waals surface area contributed by atoms with Crippen molar-refractivity contribution in [2.45, 2.75) is 33.2 Å². The van der Waals surface area contributed by atoms with Gasteiger partial charge in [-0.05, 0) is 86.9 Å². The molecule has 0 spiro atoms. The van der Waals surface area contributed by atoms with Gasteiger partial charge in [-0.1, -0.05) is 17.7 Å². The molecule has 3 N–H and O–H groups in total. The average Bonchev–Trinajstić information content (AvgIpc) is 3.17. The number of nitrogens with zero attached hydrogens (tertiary/aromatic N) is 2. The summed E-state index contributed by atoms with van der Waals surface area (Å²) in [5.41, 5.74) is 10.2. The lowest BCUT2D eigenvalue weighted by molar-refractivity contribution is 0.681. The molecule has 0 bridgehead atoms. The monoisotopic (exact) mass is 489 g/mol. The largest absolute Gasteiger partial charge is 0.383 e. The van der Waals surface area contributed by atoms with Crippen LogP contribution in [0.25, 0.3) is 49.3 Å². The molecule has 1 aromatic carbocycles. The van der Waals surface area contributed by atoms with Crippen LogP contribution in [-0.2, 0) is 0 Å². The fourth-order valence-electron chi connectivity index (χ4n) is 5.14. The van der Waals surface area contributed by atoms with E-state index in [2.05, 4.69) is 102 Å². The Morgan fingerprint density at radius 1 is 1.06 bits per heavy atom. The van der Waals surface area contributed by atoms with E-state index in [0.29, 0.717) is 12.0 Å². The standard InChI is InChI=1S/C30H27N5S/c1-16(2)32-22-12-20(10-19-11-21(19)13-22)18-5-6-26-25(14-18)29(35-34-26)27-15-24-23(8-9-31-30(24)33-27)28-7-4-17(3)36-28/h4-10,12-16,19,32H,11H2,1-3H3,(H,31,33)(H,34,35). The Morgan fingerprint density at radius 2 is 1.97 bits per heavy atom. The van der Waals surface area contributed by atoms with Gasteiger partial charge in [0.2, 0.25) is 0 Å². The lowest BCUT2D eigenvalue weighted by Gasteiger charge is -2.12. The van der Waals surface area contributed by atoms with E-state index >= 15 is 0 Å². The molecule has 1 atom stereocenters. The Balaban J connectivity index is 1.32. The molecular weight excluding hydrogens is 462 g/mol. The SMILES string of the molecule is Cc1ccc(-c2ccnc3[nH]c(-c4n[nH]c5ccc(C6=CC7CC7=CC(NC(C)C)=C6)cc45)cc23)s1. The second kappa shape index (κ2) is 8.07. The number of nitrogens with one attached hydrogen (secondary N) is 3. The van der Waals surface area contributed by atoms with Crippen LogP contribution >= 0.6 is 11.3 Å². The van der Waals surface area contributed by atoms with Crippen molar-refractivity contribution >= 4 is 38.8 Å². The van der Waals surface area contributed by atoms with Crippen molar-refractivity contribution in [2.24, 2.45) is 5.92 Å². The average molecular weight is 490 g/mol. The van der Waals surface area contributed by atoms with Gasteiger partial charge in [-0.15, -0.1) is 11.3 Å². The van der Waals surface area contributed by atoms with Gasteiger partial charge in [0.1, 0.15) is 11.3 Å². The van der Waals surface area contributed by atoms with Crippen LogP contribution in [0.5, 0.6) is 0 Å². The Labute approximate surface area is 213 Å². The van der Waals surface area contributed by atoms with Gasteiger partial charge in [0.05, 0.1) is 11.2 Å². The smallest absolute Gasteiger partial charge is 0.138 e. The van der Waals surface area contributed by atoms with Gasteiger partial charge in [-0.2, -0.15) is 5.10 Å². The van der Waals surface area contributed by atoms with Crippen molar-refractivity contribution in [3.63, 3.8) is 0 Å². The van der Waals surface area contributed by atoms with E-state index in [-0.39, 0.29) is 0 Å². The second-order valence-electron chi connectivity index (χ2n) is 10.1. The van der Waals surface area contributed by atoms with E-state index in [0.717, 1.165) is 39.7 Å². The molecule has 1 fully saturated rings. The van der Waals surface area contributed by atoms with Crippen molar-refractivity contribution in [1.29, 1.82) is 0 Å². The quantitative estimate of drug-likeness (QED) is 0.241. The number of pyridine rings is 1. The number of thiophene rings is 1. The van der Waals surface area contributed by atoms with Gasteiger partial charge in [-0.25, -0.2) is 4.98 Å². The normalized spacial score (nSPS) is 17.1. The van der Waals surface area contributed by atoms with Gasteiger partial charge in [0.25, 0.3) is 0 Å². The Bertz CT molecular complexity index is 1740.